The molecule has 2 aliphatic heterocycles. The Bertz CT molecular complexity index is 2010. The molecule has 322 valence electrons. The first-order valence-corrected chi connectivity index (χ1v) is 26.2. The summed E-state index contributed by atoms with van der Waals surface area (Å²) in [6.45, 7) is 15.2. The minimum atomic E-state index is -2.72. The lowest BCUT2D eigenvalue weighted by atomic mass is 10.0. The SMILES string of the molecule is CC(C)(C)[Si](OC[C@@H]1CC[C@@H](C(=O)CC[C@H](OCc2ccccc2)[C@@H]2CC[C@@H](CO[Si](c3ccccc3)(c3ccccc3)C(C)(C)C)O2)O1)(c1ccccc1)c1ccccc1. The van der Waals surface area contributed by atoms with Crippen molar-refractivity contribution in [3.05, 3.63) is 157 Å². The smallest absolute Gasteiger partial charge is 0.261 e. The molecule has 5 aromatic rings. The quantitative estimate of drug-likeness (QED) is 0.0821. The average molecular weight is 855 g/mol. The number of hydrogen-bond donors (Lipinski definition) is 0. The van der Waals surface area contributed by atoms with E-state index in [0.29, 0.717) is 39.1 Å². The number of carbonyl (C=O) groups excluding carboxylic acids is 1. The van der Waals surface area contributed by atoms with Gasteiger partial charge in [0.15, 0.2) is 5.78 Å². The van der Waals surface area contributed by atoms with Gasteiger partial charge in [-0.1, -0.05) is 193 Å². The van der Waals surface area contributed by atoms with E-state index in [0.717, 1.165) is 24.8 Å². The number of Topliss-reactive ketones (excluding diaryl/α,β-unsaturated/α-hetero) is 1. The van der Waals surface area contributed by atoms with Crippen LogP contribution < -0.4 is 20.7 Å². The molecule has 7 rings (SSSR count). The van der Waals surface area contributed by atoms with Gasteiger partial charge in [0.05, 0.1) is 44.2 Å². The fourth-order valence-corrected chi connectivity index (χ4v) is 18.9. The fourth-order valence-electron chi connectivity index (χ4n) is 9.75. The molecule has 0 unspecified atom stereocenters. The summed E-state index contributed by atoms with van der Waals surface area (Å²) in [6.07, 6.45) is 3.13. The summed E-state index contributed by atoms with van der Waals surface area (Å²) in [6, 6.07) is 53.2. The third-order valence-electron chi connectivity index (χ3n) is 12.8. The number of carbonyl (C=O) groups is 1. The summed E-state index contributed by atoms with van der Waals surface area (Å²) in [5.41, 5.74) is 1.10. The molecule has 61 heavy (non-hydrogen) atoms. The van der Waals surface area contributed by atoms with Gasteiger partial charge >= 0.3 is 0 Å². The molecular weight excluding hydrogens is 789 g/mol. The highest BCUT2D eigenvalue weighted by molar-refractivity contribution is 7.00. The lowest BCUT2D eigenvalue weighted by Crippen LogP contribution is -2.67. The first-order chi connectivity index (χ1) is 29.4. The molecule has 0 bridgehead atoms. The summed E-state index contributed by atoms with van der Waals surface area (Å²) in [5.74, 6) is 0.130. The summed E-state index contributed by atoms with van der Waals surface area (Å²) in [7, 11) is -5.43. The zero-order valence-corrected chi connectivity index (χ0v) is 39.1. The highest BCUT2D eigenvalue weighted by atomic mass is 28.4. The molecule has 0 saturated carbocycles. The van der Waals surface area contributed by atoms with Gasteiger partial charge in [-0.25, -0.2) is 0 Å². The van der Waals surface area contributed by atoms with Gasteiger partial charge in [-0.05, 0) is 68.5 Å². The first-order valence-electron chi connectivity index (χ1n) is 22.4. The van der Waals surface area contributed by atoms with E-state index in [1.54, 1.807) is 0 Å². The predicted molar refractivity (Wildman–Crippen MR) is 252 cm³/mol. The van der Waals surface area contributed by atoms with Crippen LogP contribution in [-0.2, 0) is 34.5 Å². The summed E-state index contributed by atoms with van der Waals surface area (Å²) < 4.78 is 34.5. The molecule has 5 atom stereocenters. The van der Waals surface area contributed by atoms with Crippen LogP contribution in [0.15, 0.2) is 152 Å². The Balaban J connectivity index is 1.01. The van der Waals surface area contributed by atoms with E-state index in [9.17, 15) is 4.79 Å². The minimum absolute atomic E-state index is 0.0698. The van der Waals surface area contributed by atoms with Crippen molar-refractivity contribution in [1.29, 1.82) is 0 Å². The van der Waals surface area contributed by atoms with Crippen LogP contribution in [0.4, 0.5) is 0 Å². The maximum Gasteiger partial charge on any atom is 0.261 e. The molecule has 0 aliphatic carbocycles. The van der Waals surface area contributed by atoms with Gasteiger partial charge in [-0.3, -0.25) is 4.79 Å². The molecule has 2 aliphatic rings. The maximum absolute atomic E-state index is 14.0. The Labute approximate surface area is 367 Å². The van der Waals surface area contributed by atoms with Gasteiger partial charge < -0.3 is 23.1 Å². The number of ether oxygens (including phenoxy) is 3. The molecule has 8 heteroatoms. The van der Waals surface area contributed by atoms with Crippen molar-refractivity contribution < 1.29 is 27.9 Å². The second kappa shape index (κ2) is 20.0. The zero-order chi connectivity index (χ0) is 42.9. The molecule has 0 spiro atoms. The van der Waals surface area contributed by atoms with Gasteiger partial charge in [-0.15, -0.1) is 0 Å². The van der Waals surface area contributed by atoms with Gasteiger partial charge in [0.1, 0.15) is 6.10 Å². The predicted octanol–water partition coefficient (Wildman–Crippen LogP) is 9.17. The van der Waals surface area contributed by atoms with Gasteiger partial charge in [-0.2, -0.15) is 0 Å². The van der Waals surface area contributed by atoms with E-state index in [-0.39, 0.29) is 40.3 Å². The average Bonchev–Trinajstić information content (AvgIpc) is 3.96. The normalized spacial score (nSPS) is 20.4. The van der Waals surface area contributed by atoms with Crippen molar-refractivity contribution in [2.24, 2.45) is 0 Å². The van der Waals surface area contributed by atoms with Crippen LogP contribution in [0.25, 0.3) is 0 Å². The molecule has 0 aromatic heterocycles. The van der Waals surface area contributed by atoms with Crippen molar-refractivity contribution in [3.63, 3.8) is 0 Å². The fraction of sp³-hybridized carbons (Fsp3) is 0.415. The summed E-state index contributed by atoms with van der Waals surface area (Å²) in [4.78, 5) is 14.0. The van der Waals surface area contributed by atoms with E-state index in [4.69, 9.17) is 23.1 Å². The molecule has 2 fully saturated rings. The van der Waals surface area contributed by atoms with Crippen LogP contribution in [0, 0.1) is 0 Å². The minimum Gasteiger partial charge on any atom is -0.405 e. The lowest BCUT2D eigenvalue weighted by molar-refractivity contribution is -0.132. The maximum atomic E-state index is 14.0. The van der Waals surface area contributed by atoms with Crippen molar-refractivity contribution in [1.82, 2.24) is 0 Å². The summed E-state index contributed by atoms with van der Waals surface area (Å²) >= 11 is 0. The van der Waals surface area contributed by atoms with Crippen LogP contribution in [-0.4, -0.2) is 66.2 Å². The Morgan fingerprint density at radius 3 is 1.38 bits per heavy atom. The van der Waals surface area contributed by atoms with Crippen molar-refractivity contribution in [2.75, 3.05) is 13.2 Å². The molecule has 2 heterocycles. The van der Waals surface area contributed by atoms with Gasteiger partial charge in [0.25, 0.3) is 16.6 Å². The molecule has 0 amide bonds. The van der Waals surface area contributed by atoms with E-state index in [2.05, 4.69) is 175 Å². The third-order valence-corrected chi connectivity index (χ3v) is 22.8. The van der Waals surface area contributed by atoms with Crippen LogP contribution in [0.5, 0.6) is 0 Å². The van der Waals surface area contributed by atoms with Gasteiger partial charge in [0.2, 0.25) is 0 Å². The summed E-state index contributed by atoms with van der Waals surface area (Å²) in [5, 5.41) is 4.75. The third kappa shape index (κ3) is 10.3. The Kier molecular flexibility index (Phi) is 14.8. The van der Waals surface area contributed by atoms with Gasteiger partial charge in [0, 0.05) is 6.42 Å². The second-order valence-electron chi connectivity index (χ2n) is 19.0. The molecule has 2 saturated heterocycles. The topological polar surface area (TPSA) is 63.2 Å². The highest BCUT2D eigenvalue weighted by Crippen LogP contribution is 2.39. The second-order valence-corrected chi connectivity index (χ2v) is 27.6. The largest absolute Gasteiger partial charge is 0.405 e. The van der Waals surface area contributed by atoms with E-state index in [1.165, 1.54) is 20.7 Å². The molecular formula is C53H66O6Si2. The Morgan fingerprint density at radius 2 is 0.951 bits per heavy atom. The van der Waals surface area contributed by atoms with Crippen molar-refractivity contribution >= 4 is 43.2 Å². The monoisotopic (exact) mass is 854 g/mol. The number of benzene rings is 5. The Morgan fingerprint density at radius 1 is 0.557 bits per heavy atom. The lowest BCUT2D eigenvalue weighted by Gasteiger charge is -2.43. The number of rotatable bonds is 18. The van der Waals surface area contributed by atoms with Crippen LogP contribution >= 0.6 is 0 Å². The molecule has 6 nitrogen and oxygen atoms in total. The van der Waals surface area contributed by atoms with Crippen molar-refractivity contribution in [3.8, 4) is 0 Å². The molecule has 5 aromatic carbocycles. The van der Waals surface area contributed by atoms with Crippen LogP contribution in [0.2, 0.25) is 10.1 Å². The van der Waals surface area contributed by atoms with Crippen molar-refractivity contribution in [2.45, 2.75) is 127 Å². The van der Waals surface area contributed by atoms with Crippen LogP contribution in [0.3, 0.4) is 0 Å². The van der Waals surface area contributed by atoms with E-state index in [1.807, 2.05) is 18.2 Å². The van der Waals surface area contributed by atoms with Crippen LogP contribution in [0.1, 0.15) is 85.6 Å². The van der Waals surface area contributed by atoms with E-state index >= 15 is 0 Å². The zero-order valence-electron chi connectivity index (χ0n) is 37.1. The van der Waals surface area contributed by atoms with E-state index < -0.39 is 22.7 Å². The number of ketones is 1. The highest BCUT2D eigenvalue weighted by Gasteiger charge is 2.52. The molecule has 0 N–H and O–H groups in total. The molecule has 0 radical (unpaired) electrons. The first kappa shape index (κ1) is 45.0. The Hall–Kier alpha value is -4.00. The number of hydrogen-bond acceptors (Lipinski definition) is 6. The standard InChI is InChI=1S/C53H66O6Si2/c1-52(2,3)60(44-24-14-8-15-25-44,45-26-16-9-17-27-45)56-39-42-32-35-49(58-42)48(54)34-37-50(55-38-41-22-12-7-13-23-41)51-36-33-43(59-51)40-57-61(53(4,5)6,46-28-18-10-19-29-46)47-30-20-11-21-31-47/h7-31,42-43,49-51H,32-40H2,1-6H3/t42-,43-,49-,50-,51-/m0/s1.